The molecule has 9 rings (SSSR count). The fourth-order valence-corrected chi connectivity index (χ4v) is 13.8. The van der Waals surface area contributed by atoms with Gasteiger partial charge in [0.1, 0.15) is 66.6 Å². The summed E-state index contributed by atoms with van der Waals surface area (Å²) >= 11 is 0. The third-order valence-electron chi connectivity index (χ3n) is 17.6. The maximum absolute atomic E-state index is 12.8. The van der Waals surface area contributed by atoms with Crippen LogP contribution in [0.5, 0.6) is 0 Å². The summed E-state index contributed by atoms with van der Waals surface area (Å²) in [7, 11) is 0. The summed E-state index contributed by atoms with van der Waals surface area (Å²) in [4.78, 5) is 0. The van der Waals surface area contributed by atoms with Crippen LogP contribution >= 0.6 is 0 Å². The Labute approximate surface area is 357 Å². The fraction of sp³-hybridized carbons (Fsp3) is 0.955. The van der Waals surface area contributed by atoms with Crippen LogP contribution < -0.4 is 0 Å². The van der Waals surface area contributed by atoms with E-state index in [4.69, 9.17) is 37.9 Å². The molecule has 0 aromatic carbocycles. The number of hydrogen-bond acceptors (Lipinski definition) is 17. The van der Waals surface area contributed by atoms with Gasteiger partial charge in [-0.25, -0.2) is 0 Å². The largest absolute Gasteiger partial charge is 0.394 e. The molecule has 5 aliphatic heterocycles. The van der Waals surface area contributed by atoms with Crippen molar-refractivity contribution >= 4 is 0 Å². The van der Waals surface area contributed by atoms with Crippen molar-refractivity contribution in [3.8, 4) is 0 Å². The van der Waals surface area contributed by atoms with Gasteiger partial charge >= 0.3 is 0 Å². The Morgan fingerprint density at radius 2 is 1.39 bits per heavy atom. The topological polar surface area (TPSA) is 256 Å². The summed E-state index contributed by atoms with van der Waals surface area (Å²) in [5.41, 5.74) is -0.100. The molecule has 25 unspecified atom stereocenters. The van der Waals surface area contributed by atoms with Gasteiger partial charge in [-0.3, -0.25) is 0 Å². The second-order valence-corrected chi connectivity index (χ2v) is 20.7. The fourth-order valence-electron chi connectivity index (χ4n) is 13.8. The van der Waals surface area contributed by atoms with Gasteiger partial charge in [-0.2, -0.15) is 0 Å². The molecule has 17 nitrogen and oxygen atoms in total. The van der Waals surface area contributed by atoms with Gasteiger partial charge in [0.2, 0.25) is 0 Å². The molecule has 5 heterocycles. The summed E-state index contributed by atoms with van der Waals surface area (Å²) in [6, 6.07) is 0. The van der Waals surface area contributed by atoms with Crippen LogP contribution in [0.4, 0.5) is 0 Å². The molecule has 1 spiro atoms. The van der Waals surface area contributed by atoms with Gasteiger partial charge in [0.25, 0.3) is 0 Å². The van der Waals surface area contributed by atoms with Crippen molar-refractivity contribution < 1.29 is 83.9 Å². The lowest BCUT2D eigenvalue weighted by Crippen LogP contribution is -2.65. The number of aliphatic hydroxyl groups excluding tert-OH is 8. The highest BCUT2D eigenvalue weighted by Gasteiger charge is 2.76. The lowest BCUT2D eigenvalue weighted by molar-refractivity contribution is -0.380. The van der Waals surface area contributed by atoms with E-state index in [-0.39, 0.29) is 22.9 Å². The van der Waals surface area contributed by atoms with E-state index in [0.717, 1.165) is 44.9 Å². The van der Waals surface area contributed by atoms with Gasteiger partial charge in [0.15, 0.2) is 24.7 Å². The molecule has 0 radical (unpaired) electrons. The first-order chi connectivity index (χ1) is 28.9. The first kappa shape index (κ1) is 45.2. The highest BCUT2D eigenvalue weighted by atomic mass is 16.8. The molecule has 9 aliphatic rings. The van der Waals surface area contributed by atoms with E-state index < -0.39 is 117 Å². The standard InChI is InChI=1S/C44H70O17/c1-19-8-13-43(54-18-19)21(3)44(53)29(61-43)15-26-24-7-6-22-14-23(9-11-41(22,4)25(24)10-12-42(26,44)5)56-40-37(60-38-34(51)32(49)30(47)20(2)55-38)35(52)36(28(17-46)58-40)59-39-33(50)31(48)27(16-45)57-39/h6,19-21,23-40,45-53H,7-18H2,1-5H3. The molecule has 3 saturated carbocycles. The van der Waals surface area contributed by atoms with Crippen molar-refractivity contribution in [2.75, 3.05) is 19.8 Å². The molecule has 348 valence electrons. The monoisotopic (exact) mass is 870 g/mol. The maximum atomic E-state index is 12.8. The quantitative estimate of drug-likeness (QED) is 0.145. The number of rotatable bonds is 8. The number of fused-ring (bicyclic) bond motifs is 7. The molecule has 8 fully saturated rings. The Morgan fingerprint density at radius 3 is 2.08 bits per heavy atom. The smallest absolute Gasteiger partial charge is 0.187 e. The minimum atomic E-state index is -1.72. The van der Waals surface area contributed by atoms with Crippen LogP contribution in [0.1, 0.15) is 92.4 Å². The Kier molecular flexibility index (Phi) is 12.2. The molecule has 0 aromatic rings. The van der Waals surface area contributed by atoms with E-state index in [1.165, 1.54) is 12.5 Å². The third kappa shape index (κ3) is 6.97. The average molecular weight is 871 g/mol. The maximum Gasteiger partial charge on any atom is 0.187 e. The van der Waals surface area contributed by atoms with Crippen molar-refractivity contribution in [2.24, 2.45) is 40.4 Å². The zero-order valence-electron chi connectivity index (χ0n) is 36.0. The molecule has 0 aromatic heterocycles. The van der Waals surface area contributed by atoms with E-state index >= 15 is 0 Å². The van der Waals surface area contributed by atoms with Crippen LogP contribution in [0.25, 0.3) is 0 Å². The number of ether oxygens (including phenoxy) is 8. The minimum Gasteiger partial charge on any atom is -0.394 e. The van der Waals surface area contributed by atoms with Crippen LogP contribution in [0, 0.1) is 40.4 Å². The molecule has 25 atom stereocenters. The van der Waals surface area contributed by atoms with E-state index in [1.807, 2.05) is 0 Å². The molecule has 0 bridgehead atoms. The molecular weight excluding hydrogens is 800 g/mol. The van der Waals surface area contributed by atoms with Crippen molar-refractivity contribution in [3.63, 3.8) is 0 Å². The van der Waals surface area contributed by atoms with Crippen LogP contribution in [-0.2, 0) is 37.9 Å². The van der Waals surface area contributed by atoms with Gasteiger partial charge in [0.05, 0.1) is 38.1 Å². The van der Waals surface area contributed by atoms with E-state index in [9.17, 15) is 46.0 Å². The molecule has 9 N–H and O–H groups in total. The van der Waals surface area contributed by atoms with Crippen molar-refractivity contribution in [1.82, 2.24) is 0 Å². The molecule has 61 heavy (non-hydrogen) atoms. The van der Waals surface area contributed by atoms with Crippen LogP contribution in [0.3, 0.4) is 0 Å². The second kappa shape index (κ2) is 16.4. The SMILES string of the molecule is CC1CCC2(OC1)OC1CC3C4CC=C5CC(OC6OC(CO)C(OC7OC(CO)C(O)C7O)C(O)C6OC6OC(C)C(O)C(O)C6O)CCC5(C)C4CCC3(C)C1(O)C2C. The number of hydrogen-bond donors (Lipinski definition) is 9. The Hall–Kier alpha value is -0.940. The van der Waals surface area contributed by atoms with Crippen molar-refractivity contribution in [1.29, 1.82) is 0 Å². The molecular formula is C44H70O17. The summed E-state index contributed by atoms with van der Waals surface area (Å²) in [5, 5.41) is 97.6. The van der Waals surface area contributed by atoms with E-state index in [1.54, 1.807) is 0 Å². The minimum absolute atomic E-state index is 0.109. The lowest BCUT2D eigenvalue weighted by atomic mass is 9.46. The average Bonchev–Trinajstić information content (AvgIpc) is 3.74. The predicted molar refractivity (Wildman–Crippen MR) is 210 cm³/mol. The van der Waals surface area contributed by atoms with Gasteiger partial charge in [-0.15, -0.1) is 0 Å². The zero-order valence-corrected chi connectivity index (χ0v) is 36.0. The van der Waals surface area contributed by atoms with Crippen LogP contribution in [0.15, 0.2) is 11.6 Å². The zero-order chi connectivity index (χ0) is 43.6. The van der Waals surface area contributed by atoms with Gasteiger partial charge < -0.3 is 83.9 Å². The highest BCUT2D eigenvalue weighted by Crippen LogP contribution is 2.72. The molecule has 4 aliphatic carbocycles. The van der Waals surface area contributed by atoms with Gasteiger partial charge in [0, 0.05) is 17.8 Å². The predicted octanol–water partition coefficient (Wildman–Crippen LogP) is -0.0319. The Balaban J connectivity index is 0.922. The van der Waals surface area contributed by atoms with E-state index in [0.29, 0.717) is 43.1 Å². The highest BCUT2D eigenvalue weighted by molar-refractivity contribution is 5.29. The molecule has 5 saturated heterocycles. The van der Waals surface area contributed by atoms with E-state index in [2.05, 4.69) is 33.8 Å². The first-order valence-corrected chi connectivity index (χ1v) is 22.9. The number of aliphatic hydroxyl groups is 9. The lowest BCUT2D eigenvalue weighted by Gasteiger charge is -2.60. The Morgan fingerprint density at radius 1 is 0.705 bits per heavy atom. The summed E-state index contributed by atoms with van der Waals surface area (Å²) in [5.74, 6) is 0.693. The third-order valence-corrected chi connectivity index (χ3v) is 17.6. The van der Waals surface area contributed by atoms with Crippen LogP contribution in [-0.4, -0.2) is 175 Å². The van der Waals surface area contributed by atoms with Gasteiger partial charge in [-0.1, -0.05) is 39.3 Å². The van der Waals surface area contributed by atoms with Crippen LogP contribution in [0.2, 0.25) is 0 Å². The Bertz CT molecular complexity index is 1610. The number of allylic oxidation sites excluding steroid dienone is 1. The normalized spacial score (nSPS) is 58.2. The second-order valence-electron chi connectivity index (χ2n) is 20.7. The summed E-state index contributed by atoms with van der Waals surface area (Å²) in [6.45, 7) is 9.89. The van der Waals surface area contributed by atoms with Crippen molar-refractivity contribution in [3.05, 3.63) is 11.6 Å². The first-order valence-electron chi connectivity index (χ1n) is 22.9. The molecule has 17 heteroatoms. The molecule has 0 amide bonds. The summed E-state index contributed by atoms with van der Waals surface area (Å²) < 4.78 is 49.5. The summed E-state index contributed by atoms with van der Waals surface area (Å²) in [6.07, 6.45) is -11.0. The van der Waals surface area contributed by atoms with Gasteiger partial charge in [-0.05, 0) is 87.4 Å². The van der Waals surface area contributed by atoms with Crippen molar-refractivity contribution in [2.45, 2.75) is 202 Å².